The molecule has 73 heavy (non-hydrogen) atoms. The molecule has 3 saturated carbocycles. The molecule has 0 amide bonds. The van der Waals surface area contributed by atoms with Crippen LogP contribution in [0, 0.1) is 40.4 Å². The van der Waals surface area contributed by atoms with Crippen LogP contribution in [0.5, 0.6) is 0 Å². The van der Waals surface area contributed by atoms with Gasteiger partial charge in [0.05, 0.1) is 50.8 Å². The van der Waals surface area contributed by atoms with E-state index in [2.05, 4.69) is 26.5 Å². The number of rotatable bonds is 14. The van der Waals surface area contributed by atoms with Gasteiger partial charge in [0.25, 0.3) is 0 Å². The van der Waals surface area contributed by atoms with Crippen molar-refractivity contribution in [3.05, 3.63) is 23.8 Å². The van der Waals surface area contributed by atoms with Crippen molar-refractivity contribution in [3.8, 4) is 0 Å². The largest absolute Gasteiger partial charge is 0.394 e. The molecular formula is C50H80O23. The Kier molecular flexibility index (Phi) is 16.7. The highest BCUT2D eigenvalue weighted by Gasteiger charge is 2.69. The Hall–Kier alpha value is -1.44. The lowest BCUT2D eigenvalue weighted by Gasteiger charge is -2.60. The first-order valence-corrected chi connectivity index (χ1v) is 26.1. The van der Waals surface area contributed by atoms with Gasteiger partial charge in [-0.2, -0.15) is 0 Å². The Morgan fingerprint density at radius 3 is 2.01 bits per heavy atom. The summed E-state index contributed by atoms with van der Waals surface area (Å²) in [6.07, 6.45) is -24.3. The number of aliphatic hydroxyl groups excluding tert-OH is 13. The Bertz CT molecular complexity index is 1950. The third-order valence-corrected chi connectivity index (χ3v) is 18.9. The van der Waals surface area contributed by atoms with Crippen LogP contribution in [-0.4, -0.2) is 239 Å². The van der Waals surface area contributed by atoms with E-state index in [9.17, 15) is 71.5 Å². The Labute approximate surface area is 423 Å². The predicted molar refractivity (Wildman–Crippen MR) is 246 cm³/mol. The van der Waals surface area contributed by atoms with E-state index >= 15 is 0 Å². The minimum absolute atomic E-state index is 0.0327. The lowest BCUT2D eigenvalue weighted by atomic mass is 9.46. The molecule has 0 aromatic carbocycles. The molecule has 0 radical (unpaired) electrons. The highest BCUT2D eigenvalue weighted by molar-refractivity contribution is 5.29. The van der Waals surface area contributed by atoms with Crippen molar-refractivity contribution < 1.29 is 114 Å². The van der Waals surface area contributed by atoms with E-state index in [1.807, 2.05) is 6.92 Å². The second kappa shape index (κ2) is 21.7. The first-order valence-electron chi connectivity index (χ1n) is 26.1. The zero-order valence-corrected chi connectivity index (χ0v) is 41.8. The van der Waals surface area contributed by atoms with Crippen LogP contribution in [0.25, 0.3) is 0 Å². The van der Waals surface area contributed by atoms with Gasteiger partial charge in [0.15, 0.2) is 30.9 Å². The van der Waals surface area contributed by atoms with Crippen LogP contribution in [0.2, 0.25) is 0 Å². The molecule has 23 heteroatoms. The Morgan fingerprint density at radius 1 is 0.712 bits per heavy atom. The van der Waals surface area contributed by atoms with Crippen LogP contribution in [0.4, 0.5) is 0 Å². The van der Waals surface area contributed by atoms with Gasteiger partial charge >= 0.3 is 0 Å². The third-order valence-electron chi connectivity index (χ3n) is 18.9. The van der Waals surface area contributed by atoms with E-state index in [1.165, 1.54) is 6.92 Å². The van der Waals surface area contributed by atoms with Gasteiger partial charge in [-0.1, -0.05) is 44.6 Å². The molecular weight excluding hydrogens is 969 g/mol. The molecule has 0 aromatic heterocycles. The van der Waals surface area contributed by atoms with Gasteiger partial charge in [0.2, 0.25) is 0 Å². The number of hydrogen-bond donors (Lipinski definition) is 14. The fourth-order valence-corrected chi connectivity index (χ4v) is 14.6. The maximum atomic E-state index is 12.1. The maximum absolute atomic E-state index is 12.1. The van der Waals surface area contributed by atoms with Crippen LogP contribution in [0.3, 0.4) is 0 Å². The molecule has 9 rings (SSSR count). The highest BCUT2D eigenvalue weighted by Crippen LogP contribution is 2.70. The van der Waals surface area contributed by atoms with E-state index in [0.717, 1.165) is 24.8 Å². The zero-order chi connectivity index (χ0) is 52.8. The lowest BCUT2D eigenvalue weighted by molar-refractivity contribution is -0.381. The van der Waals surface area contributed by atoms with E-state index in [-0.39, 0.29) is 67.2 Å². The zero-order valence-electron chi connectivity index (χ0n) is 41.8. The minimum Gasteiger partial charge on any atom is -0.394 e. The van der Waals surface area contributed by atoms with Crippen LogP contribution in [0.1, 0.15) is 79.1 Å². The third kappa shape index (κ3) is 9.95. The molecule has 418 valence electrons. The molecule has 5 saturated heterocycles. The summed E-state index contributed by atoms with van der Waals surface area (Å²) < 4.78 is 54.1. The molecule has 0 aromatic rings. The van der Waals surface area contributed by atoms with Gasteiger partial charge in [-0.15, -0.1) is 0 Å². The predicted octanol–water partition coefficient (Wildman–Crippen LogP) is -3.48. The van der Waals surface area contributed by atoms with Crippen molar-refractivity contribution in [1.82, 2.24) is 0 Å². The van der Waals surface area contributed by atoms with Crippen molar-refractivity contribution >= 4 is 0 Å². The number of aliphatic hydroxyl groups is 14. The minimum atomic E-state index is -1.85. The van der Waals surface area contributed by atoms with Gasteiger partial charge < -0.3 is 114 Å². The summed E-state index contributed by atoms with van der Waals surface area (Å²) in [5.41, 5.74) is 0.794. The van der Waals surface area contributed by atoms with Crippen molar-refractivity contribution in [3.63, 3.8) is 0 Å². The summed E-state index contributed by atoms with van der Waals surface area (Å²) in [4.78, 5) is 0. The number of hydrogen-bond acceptors (Lipinski definition) is 23. The highest BCUT2D eigenvalue weighted by atomic mass is 16.8. The SMILES string of the molecule is C=C(CCC1(O)OC2CC3C4CC=C5CC(O)CC(OC6OCC(O)C(O)C6OC6OC(C)C(O)C(OC7OC(CO)C(O)C(O)C7O)C6O)C5(C)C4CCC3(C)C2C1C)COC1OC(CO)C(O)C(O)C1O. The summed E-state index contributed by atoms with van der Waals surface area (Å²) in [7, 11) is 0. The van der Waals surface area contributed by atoms with Crippen LogP contribution in [0.15, 0.2) is 23.8 Å². The summed E-state index contributed by atoms with van der Waals surface area (Å²) in [6, 6.07) is 0. The second-order valence-electron chi connectivity index (χ2n) is 23.0. The van der Waals surface area contributed by atoms with Gasteiger partial charge in [-0.3, -0.25) is 0 Å². The van der Waals surface area contributed by atoms with Crippen molar-refractivity contribution in [1.29, 1.82) is 0 Å². The quantitative estimate of drug-likeness (QED) is 0.0752. The number of fused-ring (bicyclic) bond motifs is 7. The molecule has 23 nitrogen and oxygen atoms in total. The van der Waals surface area contributed by atoms with E-state index in [0.29, 0.717) is 24.8 Å². The van der Waals surface area contributed by atoms with Crippen molar-refractivity contribution in [2.24, 2.45) is 40.4 Å². The summed E-state index contributed by atoms with van der Waals surface area (Å²) in [5, 5.41) is 150. The molecule has 14 N–H and O–H groups in total. The topological polar surface area (TPSA) is 366 Å². The number of allylic oxidation sites excluding steroid dienone is 1. The van der Waals surface area contributed by atoms with E-state index < -0.39 is 153 Å². The Morgan fingerprint density at radius 2 is 1.34 bits per heavy atom. The Balaban J connectivity index is 0.866. The maximum Gasteiger partial charge on any atom is 0.187 e. The molecule has 0 bridgehead atoms. The first kappa shape index (κ1) is 56.3. The summed E-state index contributed by atoms with van der Waals surface area (Å²) in [6.45, 7) is 10.3. The summed E-state index contributed by atoms with van der Waals surface area (Å²) >= 11 is 0. The first-order chi connectivity index (χ1) is 34.5. The monoisotopic (exact) mass is 1050 g/mol. The molecule has 0 spiro atoms. The average molecular weight is 1050 g/mol. The average Bonchev–Trinajstić information content (AvgIpc) is 3.80. The van der Waals surface area contributed by atoms with Crippen LogP contribution in [-0.2, 0) is 42.6 Å². The standard InChI is InChI=1S/C50H80O23/c1-19(17-65-44-39(61)37(59)35(57)29(15-51)68-44)8-11-50(64)20(2)32-28(73-50)14-26-24-7-6-22-12-23(53)13-31(49(22,5)25(24)9-10-48(26,32)4)70-47-43(34(56)27(54)18-66-47)72-46-41(63)42(33(55)21(3)67-46)71-45-40(62)38(60)36(58)30(16-52)69-45/h6,20-21,23-47,51-64H,1,7-18H2,2-5H3. The van der Waals surface area contributed by atoms with E-state index in [1.54, 1.807) is 0 Å². The van der Waals surface area contributed by atoms with Crippen molar-refractivity contribution in [2.45, 2.75) is 220 Å². The van der Waals surface area contributed by atoms with Gasteiger partial charge in [-0.05, 0) is 74.5 Å². The molecule has 5 heterocycles. The molecule has 9 aliphatic rings. The lowest BCUT2D eigenvalue weighted by Crippen LogP contribution is -2.65. The molecule has 4 aliphatic carbocycles. The number of ether oxygens (including phenoxy) is 9. The molecule has 30 atom stereocenters. The van der Waals surface area contributed by atoms with Crippen LogP contribution < -0.4 is 0 Å². The van der Waals surface area contributed by atoms with Gasteiger partial charge in [-0.25, -0.2) is 0 Å². The normalized spacial score (nSPS) is 55.0. The second-order valence-corrected chi connectivity index (χ2v) is 23.0. The van der Waals surface area contributed by atoms with Crippen molar-refractivity contribution in [2.75, 3.05) is 26.4 Å². The summed E-state index contributed by atoms with van der Waals surface area (Å²) in [5.74, 6) is -1.21. The van der Waals surface area contributed by atoms with Gasteiger partial charge in [0.1, 0.15) is 85.5 Å². The van der Waals surface area contributed by atoms with Gasteiger partial charge in [0, 0.05) is 24.2 Å². The molecule has 8 fully saturated rings. The fourth-order valence-electron chi connectivity index (χ4n) is 14.6. The van der Waals surface area contributed by atoms with E-state index in [4.69, 9.17) is 42.6 Å². The van der Waals surface area contributed by atoms with Crippen LogP contribution >= 0.6 is 0 Å². The smallest absolute Gasteiger partial charge is 0.187 e. The fraction of sp³-hybridized carbons (Fsp3) is 0.920. The molecule has 5 aliphatic heterocycles. The molecule has 30 unspecified atom stereocenters.